The van der Waals surface area contributed by atoms with Gasteiger partial charge in [-0.25, -0.2) is 4.98 Å². The average molecular weight is 451 g/mol. The number of nitrogens with two attached hydrogens (primary N) is 2. The lowest BCUT2D eigenvalue weighted by molar-refractivity contribution is -0.121. The van der Waals surface area contributed by atoms with Gasteiger partial charge in [0.1, 0.15) is 17.6 Å². The maximum absolute atomic E-state index is 12.3. The second kappa shape index (κ2) is 12.2. The number of aromatic amines is 1. The Morgan fingerprint density at radius 3 is 2.06 bits per heavy atom. The van der Waals surface area contributed by atoms with Gasteiger partial charge in [-0.05, 0) is 62.4 Å². The van der Waals surface area contributed by atoms with Crippen LogP contribution >= 0.6 is 0 Å². The molecule has 8 heteroatoms. The zero-order valence-corrected chi connectivity index (χ0v) is 19.1. The fourth-order valence-corrected chi connectivity index (χ4v) is 2.99. The number of amides is 1. The number of nitrogen functional groups attached to an aromatic ring is 1. The third-order valence-corrected chi connectivity index (χ3v) is 4.77. The zero-order chi connectivity index (χ0) is 24.4. The molecule has 0 bridgehead atoms. The van der Waals surface area contributed by atoms with E-state index < -0.39 is 0 Å². The number of hydrogen-bond acceptors (Lipinski definition) is 6. The van der Waals surface area contributed by atoms with E-state index in [1.54, 1.807) is 68.0 Å². The fraction of sp³-hybridized carbons (Fsp3) is 0.280. The van der Waals surface area contributed by atoms with E-state index in [1.165, 1.54) is 6.92 Å². The van der Waals surface area contributed by atoms with Crippen molar-refractivity contribution in [2.24, 2.45) is 11.7 Å². The molecule has 0 fully saturated rings. The van der Waals surface area contributed by atoms with Gasteiger partial charge < -0.3 is 21.2 Å². The predicted molar refractivity (Wildman–Crippen MR) is 127 cm³/mol. The molecular weight excluding hydrogens is 420 g/mol. The number of aromatic nitrogens is 2. The first kappa shape index (κ1) is 25.3. The molecule has 1 heterocycles. The molecule has 0 aliphatic heterocycles. The Balaban J connectivity index is 0.000000294. The second-order valence-corrected chi connectivity index (χ2v) is 7.89. The summed E-state index contributed by atoms with van der Waals surface area (Å²) in [5.41, 5.74) is 13.4. The van der Waals surface area contributed by atoms with Gasteiger partial charge in [-0.2, -0.15) is 0 Å². The van der Waals surface area contributed by atoms with E-state index in [1.807, 2.05) is 6.92 Å². The van der Waals surface area contributed by atoms with Crippen LogP contribution in [0.25, 0.3) is 0 Å². The van der Waals surface area contributed by atoms with E-state index in [0.29, 0.717) is 35.4 Å². The number of rotatable bonds is 9. The number of benzene rings is 2. The molecule has 174 valence electrons. The van der Waals surface area contributed by atoms with Crippen LogP contribution in [-0.4, -0.2) is 33.5 Å². The van der Waals surface area contributed by atoms with Gasteiger partial charge in [-0.3, -0.25) is 14.4 Å². The Morgan fingerprint density at radius 1 is 1.00 bits per heavy atom. The smallest absolute Gasteiger partial charge is 0.220 e. The summed E-state index contributed by atoms with van der Waals surface area (Å²) in [6.07, 6.45) is 4.10. The van der Waals surface area contributed by atoms with Crippen molar-refractivity contribution in [3.05, 3.63) is 77.9 Å². The summed E-state index contributed by atoms with van der Waals surface area (Å²) in [6, 6.07) is 13.7. The van der Waals surface area contributed by atoms with Crippen molar-refractivity contribution in [3.63, 3.8) is 0 Å². The zero-order valence-electron chi connectivity index (χ0n) is 19.1. The van der Waals surface area contributed by atoms with Gasteiger partial charge in [0.25, 0.3) is 0 Å². The van der Waals surface area contributed by atoms with Crippen LogP contribution in [0.2, 0.25) is 0 Å². The monoisotopic (exact) mass is 450 g/mol. The van der Waals surface area contributed by atoms with Crippen LogP contribution in [0.1, 0.15) is 48.8 Å². The first-order valence-corrected chi connectivity index (χ1v) is 10.6. The quantitative estimate of drug-likeness (QED) is 0.337. The SMILES string of the molecule is CC(=O)CC(C)Oc1ccc(C(=O)c2ccc(N)cc2)cc1.CC(Cc1cnc[nH]1)C(N)=O. The summed E-state index contributed by atoms with van der Waals surface area (Å²) >= 11 is 0. The number of H-pyrrole nitrogens is 1. The number of ether oxygens (including phenoxy) is 1. The minimum atomic E-state index is -0.278. The van der Waals surface area contributed by atoms with Crippen molar-refractivity contribution in [2.45, 2.75) is 39.7 Å². The molecule has 2 unspecified atom stereocenters. The van der Waals surface area contributed by atoms with Gasteiger partial charge in [0, 0.05) is 47.5 Å². The van der Waals surface area contributed by atoms with Crippen LogP contribution in [0.15, 0.2) is 61.1 Å². The van der Waals surface area contributed by atoms with Gasteiger partial charge in [-0.15, -0.1) is 0 Å². The molecule has 3 rings (SSSR count). The van der Waals surface area contributed by atoms with Crippen molar-refractivity contribution in [1.29, 1.82) is 0 Å². The van der Waals surface area contributed by atoms with E-state index in [9.17, 15) is 14.4 Å². The third kappa shape index (κ3) is 8.60. The number of nitrogens with one attached hydrogen (secondary N) is 1. The molecule has 3 aromatic rings. The first-order valence-electron chi connectivity index (χ1n) is 10.6. The molecule has 0 aliphatic carbocycles. The van der Waals surface area contributed by atoms with E-state index >= 15 is 0 Å². The van der Waals surface area contributed by atoms with Crippen LogP contribution in [0.4, 0.5) is 5.69 Å². The van der Waals surface area contributed by atoms with E-state index in [0.717, 1.165) is 5.69 Å². The van der Waals surface area contributed by atoms with Gasteiger partial charge in [0.2, 0.25) is 5.91 Å². The molecule has 0 radical (unpaired) electrons. The Bertz CT molecular complexity index is 1050. The third-order valence-electron chi connectivity index (χ3n) is 4.77. The predicted octanol–water partition coefficient (Wildman–Crippen LogP) is 3.32. The Morgan fingerprint density at radius 2 is 1.58 bits per heavy atom. The maximum atomic E-state index is 12.3. The fourth-order valence-electron chi connectivity index (χ4n) is 2.99. The second-order valence-electron chi connectivity index (χ2n) is 7.89. The van der Waals surface area contributed by atoms with Crippen LogP contribution in [0.5, 0.6) is 5.75 Å². The molecule has 0 saturated heterocycles. The average Bonchev–Trinajstić information content (AvgIpc) is 3.27. The van der Waals surface area contributed by atoms with Crippen molar-refractivity contribution in [3.8, 4) is 5.75 Å². The molecule has 2 atom stereocenters. The van der Waals surface area contributed by atoms with Gasteiger partial charge >= 0.3 is 0 Å². The van der Waals surface area contributed by atoms with Gasteiger partial charge in [0.15, 0.2) is 5.78 Å². The Kier molecular flexibility index (Phi) is 9.35. The molecule has 8 nitrogen and oxygen atoms in total. The number of carbonyl (C=O) groups is 3. The molecule has 0 spiro atoms. The Hall–Kier alpha value is -3.94. The molecule has 0 saturated carbocycles. The lowest BCUT2D eigenvalue weighted by atomic mass is 10.0. The summed E-state index contributed by atoms with van der Waals surface area (Å²) in [5, 5.41) is 0. The number of imidazole rings is 1. The lowest BCUT2D eigenvalue weighted by Gasteiger charge is -2.13. The number of primary amides is 1. The number of ketones is 2. The van der Waals surface area contributed by atoms with Crippen LogP contribution < -0.4 is 16.2 Å². The maximum Gasteiger partial charge on any atom is 0.220 e. The number of hydrogen-bond donors (Lipinski definition) is 3. The molecule has 33 heavy (non-hydrogen) atoms. The van der Waals surface area contributed by atoms with Crippen LogP contribution in [-0.2, 0) is 16.0 Å². The molecule has 1 aromatic heterocycles. The summed E-state index contributed by atoms with van der Waals surface area (Å²) < 4.78 is 5.63. The normalized spacial score (nSPS) is 12.1. The van der Waals surface area contributed by atoms with E-state index in [-0.39, 0.29) is 29.5 Å². The molecule has 5 N–H and O–H groups in total. The van der Waals surface area contributed by atoms with Crippen LogP contribution in [0, 0.1) is 5.92 Å². The van der Waals surface area contributed by atoms with Crippen molar-refractivity contribution >= 4 is 23.2 Å². The number of Topliss-reactive ketones (excluding diaryl/α,β-unsaturated/α-hetero) is 1. The standard InChI is InChI=1S/C18H19NO3.C7H11N3O/c1-12(20)11-13(2)22-17-9-5-15(6-10-17)18(21)14-3-7-16(19)8-4-14;1-5(7(8)11)2-6-3-9-4-10-6/h3-10,13H,11,19H2,1-2H3;3-5H,2H2,1H3,(H2,8,11)(H,9,10). The van der Waals surface area contributed by atoms with Gasteiger partial charge in [0.05, 0.1) is 6.33 Å². The Labute approximate surface area is 193 Å². The van der Waals surface area contributed by atoms with Crippen molar-refractivity contribution in [2.75, 3.05) is 5.73 Å². The molecule has 0 aliphatic rings. The minimum Gasteiger partial charge on any atom is -0.490 e. The number of carbonyl (C=O) groups excluding carboxylic acids is 3. The molecule has 1 amide bonds. The molecular formula is C25H30N4O4. The topological polar surface area (TPSA) is 141 Å². The summed E-state index contributed by atoms with van der Waals surface area (Å²) in [6.45, 7) is 5.17. The highest BCUT2D eigenvalue weighted by molar-refractivity contribution is 6.09. The van der Waals surface area contributed by atoms with Gasteiger partial charge in [-0.1, -0.05) is 6.92 Å². The van der Waals surface area contributed by atoms with E-state index in [4.69, 9.17) is 16.2 Å². The van der Waals surface area contributed by atoms with Crippen LogP contribution in [0.3, 0.4) is 0 Å². The summed E-state index contributed by atoms with van der Waals surface area (Å²) in [5.74, 6) is 0.253. The van der Waals surface area contributed by atoms with Crippen molar-refractivity contribution < 1.29 is 19.1 Å². The minimum absolute atomic E-state index is 0.0664. The summed E-state index contributed by atoms with van der Waals surface area (Å²) in [7, 11) is 0. The van der Waals surface area contributed by atoms with E-state index in [2.05, 4.69) is 9.97 Å². The highest BCUT2D eigenvalue weighted by Gasteiger charge is 2.11. The number of nitrogens with zero attached hydrogens (tertiary/aromatic N) is 1. The summed E-state index contributed by atoms with van der Waals surface area (Å²) in [4.78, 5) is 40.7. The number of anilines is 1. The highest BCUT2D eigenvalue weighted by Crippen LogP contribution is 2.18. The largest absolute Gasteiger partial charge is 0.490 e. The first-order chi connectivity index (χ1) is 15.7. The lowest BCUT2D eigenvalue weighted by Crippen LogP contribution is -2.22. The van der Waals surface area contributed by atoms with Crippen molar-refractivity contribution in [1.82, 2.24) is 9.97 Å². The molecule has 2 aromatic carbocycles. The highest BCUT2D eigenvalue weighted by atomic mass is 16.5.